The Morgan fingerprint density at radius 2 is 2.11 bits per heavy atom. The van der Waals surface area contributed by atoms with Crippen molar-refractivity contribution in [2.45, 2.75) is 31.9 Å². The molecular formula is C15H24N2O2. The Morgan fingerprint density at radius 3 is 2.63 bits per heavy atom. The lowest BCUT2D eigenvalue weighted by atomic mass is 9.92. The second-order valence-electron chi connectivity index (χ2n) is 5.55. The van der Waals surface area contributed by atoms with Crippen molar-refractivity contribution in [3.63, 3.8) is 0 Å². The largest absolute Gasteiger partial charge is 0.494 e. The van der Waals surface area contributed by atoms with Gasteiger partial charge in [0, 0.05) is 19.6 Å². The van der Waals surface area contributed by atoms with Crippen molar-refractivity contribution in [3.8, 4) is 5.75 Å². The van der Waals surface area contributed by atoms with Gasteiger partial charge in [-0.05, 0) is 38.0 Å². The maximum Gasteiger partial charge on any atom is 0.119 e. The van der Waals surface area contributed by atoms with Crippen LogP contribution in [-0.4, -0.2) is 42.4 Å². The predicted molar refractivity (Wildman–Crippen MR) is 76.2 cm³/mol. The molecule has 1 aliphatic rings. The Balaban J connectivity index is 2.01. The summed E-state index contributed by atoms with van der Waals surface area (Å²) in [6, 6.07) is 7.97. The van der Waals surface area contributed by atoms with E-state index in [1.54, 1.807) is 0 Å². The van der Waals surface area contributed by atoms with Gasteiger partial charge in [-0.15, -0.1) is 0 Å². The summed E-state index contributed by atoms with van der Waals surface area (Å²) in [6.45, 7) is 7.09. The number of β-amino-alcohol motifs (C(OH)–C–C–N with tert-alkyl or cyclic N) is 1. The number of benzene rings is 1. The number of rotatable bonds is 5. The molecule has 0 spiro atoms. The Labute approximate surface area is 115 Å². The lowest BCUT2D eigenvalue weighted by Crippen LogP contribution is -2.44. The first-order chi connectivity index (χ1) is 9.01. The first-order valence-corrected chi connectivity index (χ1v) is 6.94. The van der Waals surface area contributed by atoms with E-state index < -0.39 is 5.54 Å². The van der Waals surface area contributed by atoms with E-state index in [1.807, 2.05) is 38.1 Å². The molecular weight excluding hydrogens is 240 g/mol. The summed E-state index contributed by atoms with van der Waals surface area (Å²) < 4.78 is 5.44. The van der Waals surface area contributed by atoms with Gasteiger partial charge in [0.1, 0.15) is 5.75 Å². The maximum atomic E-state index is 9.56. The molecule has 19 heavy (non-hydrogen) atoms. The average molecular weight is 264 g/mol. The molecule has 2 rings (SSSR count). The molecule has 3 N–H and O–H groups in total. The van der Waals surface area contributed by atoms with E-state index in [4.69, 9.17) is 10.5 Å². The summed E-state index contributed by atoms with van der Waals surface area (Å²) in [5.41, 5.74) is 7.11. The fourth-order valence-electron chi connectivity index (χ4n) is 2.61. The van der Waals surface area contributed by atoms with Crippen LogP contribution in [0.15, 0.2) is 24.3 Å². The fraction of sp³-hybridized carbons (Fsp3) is 0.600. The van der Waals surface area contributed by atoms with Gasteiger partial charge in [-0.3, -0.25) is 4.90 Å². The molecule has 106 valence electrons. The Kier molecular flexibility index (Phi) is 4.45. The molecule has 4 heteroatoms. The molecule has 1 heterocycles. The molecule has 0 unspecified atom stereocenters. The lowest BCUT2D eigenvalue weighted by molar-refractivity contribution is 0.167. The van der Waals surface area contributed by atoms with Crippen molar-refractivity contribution in [2.75, 3.05) is 26.2 Å². The molecule has 0 radical (unpaired) electrons. The SMILES string of the molecule is CCOc1ccc([C@](C)(N)CN2CC[C@H](O)C2)cc1. The quantitative estimate of drug-likeness (QED) is 0.842. The highest BCUT2D eigenvalue weighted by atomic mass is 16.5. The van der Waals surface area contributed by atoms with Gasteiger partial charge in [0.25, 0.3) is 0 Å². The zero-order chi connectivity index (χ0) is 13.9. The molecule has 0 saturated carbocycles. The zero-order valence-corrected chi connectivity index (χ0v) is 11.8. The number of ether oxygens (including phenoxy) is 1. The highest BCUT2D eigenvalue weighted by molar-refractivity contribution is 5.31. The second-order valence-corrected chi connectivity index (χ2v) is 5.55. The molecule has 1 aliphatic heterocycles. The van der Waals surface area contributed by atoms with Crippen molar-refractivity contribution in [1.29, 1.82) is 0 Å². The number of aliphatic hydroxyl groups is 1. The number of hydrogen-bond donors (Lipinski definition) is 2. The minimum Gasteiger partial charge on any atom is -0.494 e. The molecule has 1 aromatic carbocycles. The Bertz CT molecular complexity index is 403. The van der Waals surface area contributed by atoms with Crippen molar-refractivity contribution in [3.05, 3.63) is 29.8 Å². The Morgan fingerprint density at radius 1 is 1.42 bits per heavy atom. The van der Waals surface area contributed by atoms with Gasteiger partial charge in [0.15, 0.2) is 0 Å². The van der Waals surface area contributed by atoms with Crippen LogP contribution < -0.4 is 10.5 Å². The third kappa shape index (κ3) is 3.69. The normalized spacial score (nSPS) is 23.3. The van der Waals surface area contributed by atoms with Gasteiger partial charge in [-0.2, -0.15) is 0 Å². The van der Waals surface area contributed by atoms with Crippen LogP contribution in [0.3, 0.4) is 0 Å². The fourth-order valence-corrected chi connectivity index (χ4v) is 2.61. The van der Waals surface area contributed by atoms with E-state index in [1.165, 1.54) is 0 Å². The lowest BCUT2D eigenvalue weighted by Gasteiger charge is -2.30. The maximum absolute atomic E-state index is 9.56. The van der Waals surface area contributed by atoms with Gasteiger partial charge >= 0.3 is 0 Å². The first-order valence-electron chi connectivity index (χ1n) is 6.94. The third-order valence-corrected chi connectivity index (χ3v) is 3.62. The van der Waals surface area contributed by atoms with Crippen molar-refractivity contribution < 1.29 is 9.84 Å². The van der Waals surface area contributed by atoms with Gasteiger partial charge in [-0.25, -0.2) is 0 Å². The zero-order valence-electron chi connectivity index (χ0n) is 11.8. The standard InChI is InChI=1S/C15H24N2O2/c1-3-19-14-6-4-12(5-7-14)15(2,16)11-17-9-8-13(18)10-17/h4-7,13,18H,3,8-11,16H2,1-2H3/t13-,15+/m0/s1. The molecule has 0 bridgehead atoms. The molecule has 0 aliphatic carbocycles. The summed E-state index contributed by atoms with van der Waals surface area (Å²) in [4.78, 5) is 2.22. The number of aliphatic hydroxyl groups excluding tert-OH is 1. The van der Waals surface area contributed by atoms with Crippen LogP contribution in [0.5, 0.6) is 5.75 Å². The van der Waals surface area contributed by atoms with Crippen LogP contribution in [0.1, 0.15) is 25.8 Å². The molecule has 1 aromatic rings. The molecule has 1 saturated heterocycles. The average Bonchev–Trinajstić information content (AvgIpc) is 2.75. The third-order valence-electron chi connectivity index (χ3n) is 3.62. The van der Waals surface area contributed by atoms with E-state index in [0.717, 1.165) is 37.4 Å². The van der Waals surface area contributed by atoms with Crippen molar-refractivity contribution in [1.82, 2.24) is 4.90 Å². The van der Waals surface area contributed by atoms with Gasteiger partial charge in [-0.1, -0.05) is 12.1 Å². The highest BCUT2D eigenvalue weighted by Gasteiger charge is 2.28. The van der Waals surface area contributed by atoms with Crippen molar-refractivity contribution >= 4 is 0 Å². The summed E-state index contributed by atoms with van der Waals surface area (Å²) >= 11 is 0. The topological polar surface area (TPSA) is 58.7 Å². The van der Waals surface area contributed by atoms with Crippen LogP contribution >= 0.6 is 0 Å². The van der Waals surface area contributed by atoms with Gasteiger partial charge in [0.2, 0.25) is 0 Å². The van der Waals surface area contributed by atoms with Gasteiger partial charge < -0.3 is 15.6 Å². The van der Waals surface area contributed by atoms with E-state index >= 15 is 0 Å². The number of nitrogens with zero attached hydrogens (tertiary/aromatic N) is 1. The molecule has 1 fully saturated rings. The van der Waals surface area contributed by atoms with E-state index in [-0.39, 0.29) is 6.10 Å². The Hall–Kier alpha value is -1.10. The second kappa shape index (κ2) is 5.90. The highest BCUT2D eigenvalue weighted by Crippen LogP contribution is 2.23. The van der Waals surface area contributed by atoms with Crippen LogP contribution in [0, 0.1) is 0 Å². The van der Waals surface area contributed by atoms with Crippen LogP contribution in [0.2, 0.25) is 0 Å². The van der Waals surface area contributed by atoms with E-state index in [9.17, 15) is 5.11 Å². The summed E-state index contributed by atoms with van der Waals surface area (Å²) in [5, 5.41) is 9.56. The van der Waals surface area contributed by atoms with Crippen molar-refractivity contribution in [2.24, 2.45) is 5.73 Å². The molecule has 0 amide bonds. The van der Waals surface area contributed by atoms with Gasteiger partial charge in [0.05, 0.1) is 18.2 Å². The minimum atomic E-state index is -0.408. The first kappa shape index (κ1) is 14.3. The molecule has 2 atom stereocenters. The van der Waals surface area contributed by atoms with Crippen LogP contribution in [-0.2, 0) is 5.54 Å². The summed E-state index contributed by atoms with van der Waals surface area (Å²) in [7, 11) is 0. The molecule has 0 aromatic heterocycles. The van der Waals surface area contributed by atoms with Crippen LogP contribution in [0.25, 0.3) is 0 Å². The summed E-state index contributed by atoms with van der Waals surface area (Å²) in [5.74, 6) is 0.874. The minimum absolute atomic E-state index is 0.198. The van der Waals surface area contributed by atoms with E-state index in [0.29, 0.717) is 6.61 Å². The predicted octanol–water partition coefficient (Wildman–Crippen LogP) is 1.33. The smallest absolute Gasteiger partial charge is 0.119 e. The van der Waals surface area contributed by atoms with Crippen LogP contribution in [0.4, 0.5) is 0 Å². The number of likely N-dealkylation sites (tertiary alicyclic amines) is 1. The number of nitrogens with two attached hydrogens (primary N) is 1. The summed E-state index contributed by atoms with van der Waals surface area (Å²) in [6.07, 6.45) is 0.649. The van der Waals surface area contributed by atoms with E-state index in [2.05, 4.69) is 4.90 Å². The monoisotopic (exact) mass is 264 g/mol. The number of hydrogen-bond acceptors (Lipinski definition) is 4. The molecule has 4 nitrogen and oxygen atoms in total.